The first-order valence-corrected chi connectivity index (χ1v) is 9.08. The van der Waals surface area contributed by atoms with Gasteiger partial charge in [0.05, 0.1) is 11.6 Å². The first-order valence-electron chi connectivity index (χ1n) is 9.08. The number of amides is 1. The van der Waals surface area contributed by atoms with Gasteiger partial charge in [-0.05, 0) is 30.4 Å². The largest absolute Gasteiger partial charge is 0.342 e. The predicted octanol–water partition coefficient (Wildman–Crippen LogP) is 1.62. The van der Waals surface area contributed by atoms with Crippen molar-refractivity contribution in [2.24, 2.45) is 11.8 Å². The molecule has 1 saturated heterocycles. The average molecular weight is 364 g/mol. The summed E-state index contributed by atoms with van der Waals surface area (Å²) in [5.41, 5.74) is 0.623. The summed E-state index contributed by atoms with van der Waals surface area (Å²) >= 11 is 0. The van der Waals surface area contributed by atoms with Crippen LogP contribution in [-0.4, -0.2) is 33.9 Å². The van der Waals surface area contributed by atoms with Crippen LogP contribution in [0.4, 0.5) is 11.8 Å². The maximum Gasteiger partial charge on any atom is 0.258 e. The quantitative estimate of drug-likeness (QED) is 0.837. The topological polar surface area (TPSA) is 115 Å². The number of rotatable bonds is 2. The molecular formula is C19H20N6O2. The SMILES string of the molecule is CC1CCN(c2nc3c(c(=O)[nH]2)C(c2cccnc2)C(C#N)C(=O)N3)CC1. The van der Waals surface area contributed by atoms with E-state index >= 15 is 0 Å². The van der Waals surface area contributed by atoms with Crippen molar-refractivity contribution < 1.29 is 4.79 Å². The van der Waals surface area contributed by atoms with E-state index < -0.39 is 17.7 Å². The van der Waals surface area contributed by atoms with Crippen LogP contribution in [-0.2, 0) is 4.79 Å². The molecule has 2 aromatic heterocycles. The normalized spacial score (nSPS) is 22.7. The number of hydrogen-bond donors (Lipinski definition) is 2. The monoisotopic (exact) mass is 364 g/mol. The molecule has 2 aliphatic heterocycles. The van der Waals surface area contributed by atoms with Crippen LogP contribution in [0.25, 0.3) is 0 Å². The number of H-pyrrole nitrogens is 1. The molecule has 8 nitrogen and oxygen atoms in total. The van der Waals surface area contributed by atoms with Crippen LogP contribution >= 0.6 is 0 Å². The number of anilines is 2. The molecule has 138 valence electrons. The Balaban J connectivity index is 1.80. The van der Waals surface area contributed by atoms with Crippen LogP contribution in [0.3, 0.4) is 0 Å². The van der Waals surface area contributed by atoms with Gasteiger partial charge >= 0.3 is 0 Å². The van der Waals surface area contributed by atoms with Crippen LogP contribution in [0.15, 0.2) is 29.3 Å². The lowest BCUT2D eigenvalue weighted by atomic mass is 9.80. The van der Waals surface area contributed by atoms with E-state index in [0.717, 1.165) is 25.9 Å². The highest BCUT2D eigenvalue weighted by molar-refractivity contribution is 5.97. The number of nitrogens with zero attached hydrogens (tertiary/aromatic N) is 4. The Bertz CT molecular complexity index is 956. The lowest BCUT2D eigenvalue weighted by Crippen LogP contribution is -2.40. The van der Waals surface area contributed by atoms with Crippen molar-refractivity contribution in [2.75, 3.05) is 23.3 Å². The van der Waals surface area contributed by atoms with Gasteiger partial charge in [-0.1, -0.05) is 13.0 Å². The summed E-state index contributed by atoms with van der Waals surface area (Å²) in [6.45, 7) is 3.83. The average Bonchev–Trinajstić information content (AvgIpc) is 2.68. The van der Waals surface area contributed by atoms with E-state index in [4.69, 9.17) is 0 Å². The summed E-state index contributed by atoms with van der Waals surface area (Å²) < 4.78 is 0. The van der Waals surface area contributed by atoms with E-state index in [2.05, 4.69) is 27.2 Å². The number of carbonyl (C=O) groups excluding carboxylic acids is 1. The van der Waals surface area contributed by atoms with Gasteiger partial charge in [-0.15, -0.1) is 0 Å². The Morgan fingerprint density at radius 2 is 2.07 bits per heavy atom. The number of nitriles is 1. The second-order valence-electron chi connectivity index (χ2n) is 7.18. The summed E-state index contributed by atoms with van der Waals surface area (Å²) in [7, 11) is 0. The Labute approximate surface area is 156 Å². The van der Waals surface area contributed by atoms with Crippen LogP contribution in [0.5, 0.6) is 0 Å². The maximum atomic E-state index is 12.9. The minimum Gasteiger partial charge on any atom is -0.342 e. The molecule has 0 saturated carbocycles. The van der Waals surface area contributed by atoms with E-state index in [1.807, 2.05) is 11.0 Å². The van der Waals surface area contributed by atoms with Gasteiger partial charge < -0.3 is 10.2 Å². The third-order valence-corrected chi connectivity index (χ3v) is 5.38. The molecule has 2 N–H and O–H groups in total. The number of carbonyl (C=O) groups is 1. The van der Waals surface area contributed by atoms with E-state index in [-0.39, 0.29) is 11.4 Å². The molecule has 27 heavy (non-hydrogen) atoms. The molecule has 4 heterocycles. The van der Waals surface area contributed by atoms with Crippen molar-refractivity contribution >= 4 is 17.7 Å². The zero-order chi connectivity index (χ0) is 19.0. The summed E-state index contributed by atoms with van der Waals surface area (Å²) in [5.74, 6) is -0.804. The smallest absolute Gasteiger partial charge is 0.258 e. The third-order valence-electron chi connectivity index (χ3n) is 5.38. The van der Waals surface area contributed by atoms with Gasteiger partial charge in [0.15, 0.2) is 0 Å². The standard InChI is InChI=1S/C19H20N6O2/c1-11-4-7-25(8-5-11)19-23-16-15(18(27)24-19)14(12-3-2-6-21-10-12)13(9-20)17(26)22-16/h2-3,6,10-11,13-14H,4-5,7-8H2,1H3,(H2,22,23,24,26,27). The fourth-order valence-electron chi connectivity index (χ4n) is 3.79. The van der Waals surface area contributed by atoms with Crippen molar-refractivity contribution in [2.45, 2.75) is 25.7 Å². The maximum absolute atomic E-state index is 12.9. The highest BCUT2D eigenvalue weighted by Gasteiger charge is 2.40. The molecule has 0 bridgehead atoms. The molecule has 0 aliphatic carbocycles. The van der Waals surface area contributed by atoms with Crippen LogP contribution in [0, 0.1) is 23.2 Å². The van der Waals surface area contributed by atoms with E-state index in [1.165, 1.54) is 0 Å². The van der Waals surface area contributed by atoms with Crippen LogP contribution in [0.2, 0.25) is 0 Å². The van der Waals surface area contributed by atoms with Crippen LogP contribution < -0.4 is 15.8 Å². The fraction of sp³-hybridized carbons (Fsp3) is 0.421. The van der Waals surface area contributed by atoms with Gasteiger partial charge in [0.1, 0.15) is 11.7 Å². The lowest BCUT2D eigenvalue weighted by molar-refractivity contribution is -0.119. The minimum atomic E-state index is -1.01. The van der Waals surface area contributed by atoms with Crippen molar-refractivity contribution in [1.29, 1.82) is 5.26 Å². The number of nitrogens with one attached hydrogen (secondary N) is 2. The molecule has 8 heteroatoms. The molecule has 0 spiro atoms. The second kappa shape index (κ2) is 6.83. The highest BCUT2D eigenvalue weighted by atomic mass is 16.2. The van der Waals surface area contributed by atoms with Crippen molar-refractivity contribution in [3.8, 4) is 6.07 Å². The number of aromatic amines is 1. The molecule has 2 aromatic rings. The molecule has 2 unspecified atom stereocenters. The molecular weight excluding hydrogens is 344 g/mol. The summed E-state index contributed by atoms with van der Waals surface area (Å²) in [6.07, 6.45) is 5.25. The minimum absolute atomic E-state index is 0.234. The first kappa shape index (κ1) is 17.2. The van der Waals surface area contributed by atoms with Gasteiger partial charge in [-0.3, -0.25) is 19.6 Å². The Kier molecular flexibility index (Phi) is 4.36. The molecule has 2 aliphatic rings. The Morgan fingerprint density at radius 3 is 2.74 bits per heavy atom. The first-order chi connectivity index (χ1) is 13.1. The molecule has 1 amide bonds. The Morgan fingerprint density at radius 1 is 1.30 bits per heavy atom. The highest BCUT2D eigenvalue weighted by Crippen LogP contribution is 2.37. The number of fused-ring (bicyclic) bond motifs is 1. The molecule has 4 rings (SSSR count). The zero-order valence-electron chi connectivity index (χ0n) is 15.0. The van der Waals surface area contributed by atoms with E-state index in [1.54, 1.807) is 24.5 Å². The number of hydrogen-bond acceptors (Lipinski definition) is 6. The summed E-state index contributed by atoms with van der Waals surface area (Å²) in [6, 6.07) is 5.51. The summed E-state index contributed by atoms with van der Waals surface area (Å²) in [4.78, 5) is 38.9. The molecule has 0 aromatic carbocycles. The van der Waals surface area contributed by atoms with Crippen molar-refractivity contribution in [1.82, 2.24) is 15.0 Å². The lowest BCUT2D eigenvalue weighted by Gasteiger charge is -2.32. The van der Waals surface area contributed by atoms with Gasteiger partial charge in [0, 0.05) is 31.4 Å². The predicted molar refractivity (Wildman–Crippen MR) is 99.3 cm³/mol. The van der Waals surface area contributed by atoms with E-state index in [9.17, 15) is 14.9 Å². The van der Waals surface area contributed by atoms with Gasteiger partial charge in [0.25, 0.3) is 5.56 Å². The Hall–Kier alpha value is -3.21. The van der Waals surface area contributed by atoms with Gasteiger partial charge in [0.2, 0.25) is 11.9 Å². The van der Waals surface area contributed by atoms with Crippen molar-refractivity contribution in [3.63, 3.8) is 0 Å². The molecule has 1 fully saturated rings. The third kappa shape index (κ3) is 3.05. The number of piperidine rings is 1. The van der Waals surface area contributed by atoms with Gasteiger partial charge in [-0.25, -0.2) is 0 Å². The zero-order valence-corrected chi connectivity index (χ0v) is 15.0. The molecule has 0 radical (unpaired) electrons. The van der Waals surface area contributed by atoms with E-state index in [0.29, 0.717) is 23.0 Å². The summed E-state index contributed by atoms with van der Waals surface area (Å²) in [5, 5.41) is 12.2. The van der Waals surface area contributed by atoms with Gasteiger partial charge in [-0.2, -0.15) is 10.2 Å². The van der Waals surface area contributed by atoms with Crippen molar-refractivity contribution in [3.05, 3.63) is 46.0 Å². The van der Waals surface area contributed by atoms with Crippen LogP contribution in [0.1, 0.15) is 36.8 Å². The number of pyridine rings is 1. The second-order valence-corrected chi connectivity index (χ2v) is 7.18. The fourth-order valence-corrected chi connectivity index (χ4v) is 3.79. The molecule has 2 atom stereocenters. The number of aromatic nitrogens is 3.